The molecule has 0 aliphatic carbocycles. The van der Waals surface area contributed by atoms with Crippen LogP contribution in [0.15, 0.2) is 23.1 Å². The fourth-order valence-electron chi connectivity index (χ4n) is 1.66. The van der Waals surface area contributed by atoms with E-state index in [-0.39, 0.29) is 4.90 Å². The van der Waals surface area contributed by atoms with Gasteiger partial charge in [0.05, 0.1) is 7.11 Å². The predicted molar refractivity (Wildman–Crippen MR) is 77.2 cm³/mol. The van der Waals surface area contributed by atoms with Crippen molar-refractivity contribution in [2.24, 2.45) is 5.73 Å². The van der Waals surface area contributed by atoms with E-state index in [4.69, 9.17) is 15.2 Å². The quantitative estimate of drug-likeness (QED) is 0.660. The number of rotatable bonds is 9. The number of benzene rings is 1. The molecule has 7 heteroatoms. The monoisotopic (exact) mass is 302 g/mol. The molecule has 0 amide bonds. The van der Waals surface area contributed by atoms with Crippen LogP contribution in [-0.4, -0.2) is 35.3 Å². The third-order valence-electron chi connectivity index (χ3n) is 2.71. The van der Waals surface area contributed by atoms with Gasteiger partial charge in [0, 0.05) is 26.3 Å². The summed E-state index contributed by atoms with van der Waals surface area (Å²) < 4.78 is 37.2. The maximum atomic E-state index is 12.2. The summed E-state index contributed by atoms with van der Waals surface area (Å²) >= 11 is 0. The SMILES string of the molecule is CCOCCCNS(=O)(=O)c1ccc(CN)cc1OC. The Morgan fingerprint density at radius 2 is 2.10 bits per heavy atom. The summed E-state index contributed by atoms with van der Waals surface area (Å²) in [5.74, 6) is 0.297. The van der Waals surface area contributed by atoms with Crippen molar-refractivity contribution in [1.29, 1.82) is 0 Å². The summed E-state index contributed by atoms with van der Waals surface area (Å²) in [7, 11) is -2.15. The number of nitrogens with one attached hydrogen (secondary N) is 1. The van der Waals surface area contributed by atoms with Crippen molar-refractivity contribution in [3.63, 3.8) is 0 Å². The minimum Gasteiger partial charge on any atom is -0.495 e. The third-order valence-corrected chi connectivity index (χ3v) is 4.22. The van der Waals surface area contributed by atoms with E-state index in [0.29, 0.717) is 38.5 Å². The summed E-state index contributed by atoms with van der Waals surface area (Å²) in [5.41, 5.74) is 6.34. The van der Waals surface area contributed by atoms with Gasteiger partial charge in [-0.15, -0.1) is 0 Å². The highest BCUT2D eigenvalue weighted by atomic mass is 32.2. The van der Waals surface area contributed by atoms with E-state index < -0.39 is 10.0 Å². The van der Waals surface area contributed by atoms with Gasteiger partial charge >= 0.3 is 0 Å². The van der Waals surface area contributed by atoms with Crippen LogP contribution in [0.2, 0.25) is 0 Å². The Labute approximate surface area is 120 Å². The highest BCUT2D eigenvalue weighted by Crippen LogP contribution is 2.24. The molecule has 0 spiro atoms. The van der Waals surface area contributed by atoms with Gasteiger partial charge in [-0.05, 0) is 31.0 Å². The summed E-state index contributed by atoms with van der Waals surface area (Å²) in [6.07, 6.45) is 0.621. The Kier molecular flexibility index (Phi) is 6.94. The minimum absolute atomic E-state index is 0.119. The number of sulfonamides is 1. The van der Waals surface area contributed by atoms with Crippen LogP contribution in [0.1, 0.15) is 18.9 Å². The van der Waals surface area contributed by atoms with E-state index in [2.05, 4.69) is 4.72 Å². The van der Waals surface area contributed by atoms with Gasteiger partial charge in [-0.2, -0.15) is 0 Å². The summed E-state index contributed by atoms with van der Waals surface area (Å²) in [6.45, 7) is 3.71. The van der Waals surface area contributed by atoms with Crippen LogP contribution in [0.4, 0.5) is 0 Å². The lowest BCUT2D eigenvalue weighted by atomic mass is 10.2. The second-order valence-electron chi connectivity index (χ2n) is 4.14. The van der Waals surface area contributed by atoms with Gasteiger partial charge in [0.2, 0.25) is 10.0 Å². The molecule has 1 aromatic carbocycles. The van der Waals surface area contributed by atoms with E-state index in [9.17, 15) is 8.42 Å². The lowest BCUT2D eigenvalue weighted by molar-refractivity contribution is 0.146. The van der Waals surface area contributed by atoms with Gasteiger partial charge < -0.3 is 15.2 Å². The molecule has 1 rings (SSSR count). The van der Waals surface area contributed by atoms with Crippen molar-refractivity contribution in [3.05, 3.63) is 23.8 Å². The molecular weight excluding hydrogens is 280 g/mol. The molecule has 20 heavy (non-hydrogen) atoms. The molecule has 0 heterocycles. The molecule has 0 bridgehead atoms. The zero-order valence-corrected chi connectivity index (χ0v) is 12.7. The highest BCUT2D eigenvalue weighted by Gasteiger charge is 2.19. The number of methoxy groups -OCH3 is 1. The molecule has 0 saturated heterocycles. The Hall–Kier alpha value is -1.15. The first kappa shape index (κ1) is 16.9. The van der Waals surface area contributed by atoms with Crippen LogP contribution < -0.4 is 15.2 Å². The van der Waals surface area contributed by atoms with Crippen molar-refractivity contribution >= 4 is 10.0 Å². The van der Waals surface area contributed by atoms with Crippen LogP contribution in [0.3, 0.4) is 0 Å². The van der Waals surface area contributed by atoms with E-state index in [1.54, 1.807) is 12.1 Å². The van der Waals surface area contributed by atoms with Crippen molar-refractivity contribution in [3.8, 4) is 5.75 Å². The third kappa shape index (κ3) is 4.75. The van der Waals surface area contributed by atoms with Gasteiger partial charge in [0.15, 0.2) is 0 Å². The predicted octanol–water partition coefficient (Wildman–Crippen LogP) is 0.859. The summed E-state index contributed by atoms with van der Waals surface area (Å²) in [6, 6.07) is 4.82. The average Bonchev–Trinajstić information content (AvgIpc) is 2.46. The zero-order valence-electron chi connectivity index (χ0n) is 11.9. The maximum Gasteiger partial charge on any atom is 0.244 e. The molecule has 114 valence electrons. The van der Waals surface area contributed by atoms with Crippen LogP contribution in [0, 0.1) is 0 Å². The van der Waals surface area contributed by atoms with E-state index in [1.165, 1.54) is 13.2 Å². The molecule has 0 aromatic heterocycles. The fourth-order valence-corrected chi connectivity index (χ4v) is 2.89. The molecule has 0 fully saturated rings. The Morgan fingerprint density at radius 1 is 1.35 bits per heavy atom. The van der Waals surface area contributed by atoms with E-state index >= 15 is 0 Å². The number of nitrogens with two attached hydrogens (primary N) is 1. The summed E-state index contributed by atoms with van der Waals surface area (Å²) in [4.78, 5) is 0.119. The molecule has 0 radical (unpaired) electrons. The second-order valence-corrected chi connectivity index (χ2v) is 5.87. The Morgan fingerprint density at radius 3 is 2.70 bits per heavy atom. The van der Waals surface area contributed by atoms with Gasteiger partial charge in [0.1, 0.15) is 10.6 Å². The molecule has 1 aromatic rings. The first-order valence-corrected chi connectivity index (χ1v) is 7.97. The molecule has 0 saturated carbocycles. The normalized spacial score (nSPS) is 11.6. The number of hydrogen-bond donors (Lipinski definition) is 2. The van der Waals surface area contributed by atoms with Gasteiger partial charge in [-0.25, -0.2) is 13.1 Å². The number of ether oxygens (including phenoxy) is 2. The summed E-state index contributed by atoms with van der Waals surface area (Å²) in [5, 5.41) is 0. The smallest absolute Gasteiger partial charge is 0.244 e. The molecule has 0 atom stereocenters. The Bertz CT molecular complexity index is 517. The molecular formula is C13H22N2O4S. The van der Waals surface area contributed by atoms with Crippen molar-refractivity contribution in [1.82, 2.24) is 4.72 Å². The molecule has 0 aliphatic rings. The van der Waals surface area contributed by atoms with E-state index in [1.807, 2.05) is 6.92 Å². The first-order valence-electron chi connectivity index (χ1n) is 6.49. The maximum absolute atomic E-state index is 12.2. The largest absolute Gasteiger partial charge is 0.495 e. The van der Waals surface area contributed by atoms with Crippen LogP contribution in [0.25, 0.3) is 0 Å². The topological polar surface area (TPSA) is 90.7 Å². The molecule has 6 nitrogen and oxygen atoms in total. The van der Waals surface area contributed by atoms with Gasteiger partial charge in [-0.1, -0.05) is 6.07 Å². The highest BCUT2D eigenvalue weighted by molar-refractivity contribution is 7.89. The van der Waals surface area contributed by atoms with Crippen molar-refractivity contribution in [2.75, 3.05) is 26.9 Å². The van der Waals surface area contributed by atoms with Crippen molar-refractivity contribution in [2.45, 2.75) is 24.8 Å². The van der Waals surface area contributed by atoms with Gasteiger partial charge in [0.25, 0.3) is 0 Å². The van der Waals surface area contributed by atoms with Gasteiger partial charge in [-0.3, -0.25) is 0 Å². The first-order chi connectivity index (χ1) is 9.55. The van der Waals surface area contributed by atoms with Crippen LogP contribution in [-0.2, 0) is 21.3 Å². The van der Waals surface area contributed by atoms with Crippen LogP contribution in [0.5, 0.6) is 5.75 Å². The second kappa shape index (κ2) is 8.21. The lowest BCUT2D eigenvalue weighted by Gasteiger charge is -2.12. The number of hydrogen-bond acceptors (Lipinski definition) is 5. The van der Waals surface area contributed by atoms with Crippen LogP contribution >= 0.6 is 0 Å². The lowest BCUT2D eigenvalue weighted by Crippen LogP contribution is -2.26. The van der Waals surface area contributed by atoms with Crippen molar-refractivity contribution < 1.29 is 17.9 Å². The standard InChI is InChI=1S/C13H22N2O4S/c1-3-19-8-4-7-15-20(16,17)13-6-5-11(10-14)9-12(13)18-2/h5-6,9,15H,3-4,7-8,10,14H2,1-2H3. The molecule has 0 unspecified atom stereocenters. The van der Waals surface area contributed by atoms with E-state index in [0.717, 1.165) is 5.56 Å². The minimum atomic E-state index is -3.59. The molecule has 0 aliphatic heterocycles. The fraction of sp³-hybridized carbons (Fsp3) is 0.538. The average molecular weight is 302 g/mol. The molecule has 3 N–H and O–H groups in total. The Balaban J connectivity index is 2.76. The zero-order chi connectivity index (χ0) is 15.0.